The maximum absolute atomic E-state index is 12.3. The lowest BCUT2D eigenvalue weighted by molar-refractivity contribution is 0.0488. The maximum atomic E-state index is 12.3. The number of primary amides is 2. The first-order valence-corrected chi connectivity index (χ1v) is 21.9. The van der Waals surface area contributed by atoms with Crippen LogP contribution in [0, 0.1) is 13.8 Å². The van der Waals surface area contributed by atoms with Crippen LogP contribution >= 0.6 is 0 Å². The lowest BCUT2D eigenvalue weighted by atomic mass is 9.90. The summed E-state index contributed by atoms with van der Waals surface area (Å²) in [5, 5.41) is 32.5. The largest absolute Gasteiger partial charge is 0.444 e. The SMILES string of the molecule is Cc1cc(Nc2cc(N[C@@H]3CCCC[C@@H]3N)nnc2C(N)=O)nc(C(C)C)c1.Cc1cc(Nc2cc(N[C@@H]3CCCC[C@@H]3NC(=O)OC(C)(C)C)nnc2C(N)=O)nc(C(C)C)c1. The van der Waals surface area contributed by atoms with Crippen molar-refractivity contribution in [3.05, 3.63) is 70.3 Å². The Balaban J connectivity index is 0.000000243. The predicted octanol–water partition coefficient (Wildman–Crippen LogP) is 7.22. The van der Waals surface area contributed by atoms with E-state index in [4.69, 9.17) is 21.9 Å². The minimum absolute atomic E-state index is 0.0250. The molecule has 2 aliphatic rings. The number of nitrogens with one attached hydrogen (secondary N) is 5. The molecule has 0 bridgehead atoms. The van der Waals surface area contributed by atoms with Crippen LogP contribution in [0.2, 0.25) is 0 Å². The highest BCUT2D eigenvalue weighted by Crippen LogP contribution is 2.28. The number of amides is 3. The van der Waals surface area contributed by atoms with Crippen molar-refractivity contribution in [1.29, 1.82) is 0 Å². The molecule has 2 aliphatic carbocycles. The molecule has 2 fully saturated rings. The molecule has 6 rings (SSSR count). The molecule has 4 heterocycles. The second-order valence-electron chi connectivity index (χ2n) is 18.2. The zero-order valence-corrected chi connectivity index (χ0v) is 38.1. The first-order valence-electron chi connectivity index (χ1n) is 21.9. The summed E-state index contributed by atoms with van der Waals surface area (Å²) in [5.41, 5.74) is 21.7. The van der Waals surface area contributed by atoms with Crippen molar-refractivity contribution < 1.29 is 19.1 Å². The standard InChI is InChI=1S/C25H37N7O3.C20H29N7O/c1-14(2)18-11-15(3)12-20(28-18)29-19-13-21(31-32-22(19)23(26)33)27-16-9-7-8-10-17(16)30-24(34)35-25(4,5)6;1-11(2)15-8-12(3)9-17(24-15)25-16-10-18(26-27-19(16)20(22)28)23-14-7-5-4-6-13(14)21/h11-14,16-17H,7-10H2,1-6H3,(H2,26,33)(H,30,34)(H2,27,28,29,31);8-11,13-14H,4-7,21H2,1-3H3,(H2,22,28)(H2,23,24,25,26)/t16-,17+;13-,14+/m10/s1. The van der Waals surface area contributed by atoms with Crippen LogP contribution in [-0.4, -0.2) is 78.0 Å². The Kier molecular flexibility index (Phi) is 16.2. The number of pyridine rings is 2. The number of rotatable bonds is 13. The number of nitrogens with two attached hydrogens (primary N) is 3. The molecule has 18 nitrogen and oxygen atoms in total. The number of carbonyl (C=O) groups excluding carboxylic acids is 3. The van der Waals surface area contributed by atoms with E-state index in [9.17, 15) is 14.4 Å². The number of ether oxygens (including phenoxy) is 1. The molecule has 4 aromatic rings. The van der Waals surface area contributed by atoms with E-state index in [2.05, 4.69) is 84.6 Å². The second kappa shape index (κ2) is 21.3. The van der Waals surface area contributed by atoms with E-state index < -0.39 is 23.5 Å². The van der Waals surface area contributed by atoms with Crippen molar-refractivity contribution in [3.8, 4) is 0 Å². The summed E-state index contributed by atoms with van der Waals surface area (Å²) in [7, 11) is 0. The van der Waals surface area contributed by atoms with Crippen LogP contribution < -0.4 is 43.8 Å². The fraction of sp³-hybridized carbons (Fsp3) is 0.533. The zero-order chi connectivity index (χ0) is 46.0. The molecule has 18 heteroatoms. The summed E-state index contributed by atoms with van der Waals surface area (Å²) >= 11 is 0. The quantitative estimate of drug-likeness (QED) is 0.0659. The van der Waals surface area contributed by atoms with Gasteiger partial charge in [-0.2, -0.15) is 0 Å². The number of aryl methyl sites for hydroxylation is 2. The van der Waals surface area contributed by atoms with E-state index in [1.165, 1.54) is 0 Å². The smallest absolute Gasteiger partial charge is 0.407 e. The van der Waals surface area contributed by atoms with Gasteiger partial charge in [0.25, 0.3) is 11.8 Å². The van der Waals surface area contributed by atoms with Crippen LogP contribution in [0.15, 0.2) is 36.4 Å². The van der Waals surface area contributed by atoms with Gasteiger partial charge in [0.15, 0.2) is 23.0 Å². The van der Waals surface area contributed by atoms with Gasteiger partial charge in [0.1, 0.15) is 17.2 Å². The number of alkyl carbamates (subject to hydrolysis) is 1. The Morgan fingerprint density at radius 3 is 1.48 bits per heavy atom. The van der Waals surface area contributed by atoms with Crippen LogP contribution in [0.1, 0.15) is 155 Å². The number of nitrogens with zero attached hydrogens (tertiary/aromatic N) is 6. The van der Waals surface area contributed by atoms with Crippen LogP contribution in [-0.2, 0) is 4.74 Å². The molecular weight excluding hydrogens is 801 g/mol. The van der Waals surface area contributed by atoms with E-state index >= 15 is 0 Å². The summed E-state index contributed by atoms with van der Waals surface area (Å²) < 4.78 is 5.43. The van der Waals surface area contributed by atoms with Crippen LogP contribution in [0.5, 0.6) is 0 Å². The Morgan fingerprint density at radius 2 is 1.05 bits per heavy atom. The topological polar surface area (TPSA) is 276 Å². The normalized spacial score (nSPS) is 18.7. The van der Waals surface area contributed by atoms with Gasteiger partial charge in [0.2, 0.25) is 0 Å². The first-order chi connectivity index (χ1) is 29.7. The Hall–Kier alpha value is -6.17. The average molecular weight is 867 g/mol. The third-order valence-corrected chi connectivity index (χ3v) is 10.7. The van der Waals surface area contributed by atoms with E-state index in [0.717, 1.165) is 73.9 Å². The van der Waals surface area contributed by atoms with Gasteiger partial charge in [-0.3, -0.25) is 9.59 Å². The highest BCUT2D eigenvalue weighted by molar-refractivity contribution is 5.98. The fourth-order valence-electron chi connectivity index (χ4n) is 7.52. The van der Waals surface area contributed by atoms with E-state index in [-0.39, 0.29) is 47.4 Å². The maximum Gasteiger partial charge on any atom is 0.407 e. The van der Waals surface area contributed by atoms with Gasteiger partial charge < -0.3 is 48.5 Å². The molecule has 0 saturated heterocycles. The van der Waals surface area contributed by atoms with E-state index in [0.29, 0.717) is 34.6 Å². The lowest BCUT2D eigenvalue weighted by Crippen LogP contribution is -2.49. The molecule has 340 valence electrons. The lowest BCUT2D eigenvalue weighted by Gasteiger charge is -2.33. The molecule has 63 heavy (non-hydrogen) atoms. The zero-order valence-electron chi connectivity index (χ0n) is 38.1. The van der Waals surface area contributed by atoms with Crippen LogP contribution in [0.3, 0.4) is 0 Å². The van der Waals surface area contributed by atoms with E-state index in [1.54, 1.807) is 12.1 Å². The predicted molar refractivity (Wildman–Crippen MR) is 247 cm³/mol. The average Bonchev–Trinajstić information content (AvgIpc) is 3.18. The van der Waals surface area contributed by atoms with Gasteiger partial charge in [-0.05, 0) is 108 Å². The van der Waals surface area contributed by atoms with Gasteiger partial charge in [0.05, 0.1) is 17.4 Å². The minimum Gasteiger partial charge on any atom is -0.444 e. The molecule has 4 aromatic heterocycles. The van der Waals surface area contributed by atoms with Crippen LogP contribution in [0.4, 0.5) is 39.4 Å². The number of aromatic nitrogens is 6. The third kappa shape index (κ3) is 14.2. The molecule has 0 radical (unpaired) electrons. The molecular formula is C45H66N14O4. The monoisotopic (exact) mass is 867 g/mol. The summed E-state index contributed by atoms with van der Waals surface area (Å²) in [5.74, 6) is 1.47. The van der Waals surface area contributed by atoms with Crippen molar-refractivity contribution in [1.82, 2.24) is 35.7 Å². The summed E-state index contributed by atoms with van der Waals surface area (Å²) in [6.45, 7) is 17.8. The molecule has 0 spiro atoms. The minimum atomic E-state index is -0.689. The highest BCUT2D eigenvalue weighted by Gasteiger charge is 2.29. The Morgan fingerprint density at radius 1 is 0.619 bits per heavy atom. The van der Waals surface area contributed by atoms with Gasteiger partial charge in [-0.25, -0.2) is 14.8 Å². The molecule has 3 amide bonds. The van der Waals surface area contributed by atoms with Gasteiger partial charge in [-0.1, -0.05) is 53.4 Å². The Bertz CT molecular complexity index is 2230. The van der Waals surface area contributed by atoms with Crippen molar-refractivity contribution >= 4 is 52.6 Å². The summed E-state index contributed by atoms with van der Waals surface area (Å²) in [6.07, 6.45) is 7.51. The number of hydrogen-bond donors (Lipinski definition) is 8. The number of anilines is 6. The molecule has 0 aromatic carbocycles. The molecule has 2 saturated carbocycles. The Labute approximate surface area is 370 Å². The van der Waals surface area contributed by atoms with Gasteiger partial charge in [-0.15, -0.1) is 20.4 Å². The number of carbonyl (C=O) groups is 3. The van der Waals surface area contributed by atoms with Crippen LogP contribution in [0.25, 0.3) is 0 Å². The molecule has 4 atom stereocenters. The van der Waals surface area contributed by atoms with Gasteiger partial charge >= 0.3 is 6.09 Å². The summed E-state index contributed by atoms with van der Waals surface area (Å²) in [6, 6.07) is 11.4. The van der Waals surface area contributed by atoms with Crippen molar-refractivity contribution in [2.75, 3.05) is 21.3 Å². The summed E-state index contributed by atoms with van der Waals surface area (Å²) in [4.78, 5) is 45.5. The van der Waals surface area contributed by atoms with Crippen molar-refractivity contribution in [2.24, 2.45) is 17.2 Å². The first kappa shape index (κ1) is 47.9. The van der Waals surface area contributed by atoms with E-state index in [1.807, 2.05) is 58.9 Å². The molecule has 11 N–H and O–H groups in total. The molecule has 0 aliphatic heterocycles. The molecule has 0 unspecified atom stereocenters. The fourth-order valence-corrected chi connectivity index (χ4v) is 7.52. The third-order valence-electron chi connectivity index (χ3n) is 10.7. The van der Waals surface area contributed by atoms with Crippen molar-refractivity contribution in [3.63, 3.8) is 0 Å². The highest BCUT2D eigenvalue weighted by atomic mass is 16.6. The van der Waals surface area contributed by atoms with Crippen molar-refractivity contribution in [2.45, 2.75) is 155 Å². The number of hydrogen-bond acceptors (Lipinski definition) is 15. The second-order valence-corrected chi connectivity index (χ2v) is 18.2. The van der Waals surface area contributed by atoms with Gasteiger partial charge in [0, 0.05) is 41.6 Å².